The third kappa shape index (κ3) is 2.70. The van der Waals surface area contributed by atoms with Crippen LogP contribution < -0.4 is 10.5 Å². The predicted molar refractivity (Wildman–Crippen MR) is 70.5 cm³/mol. The highest BCUT2D eigenvalue weighted by molar-refractivity contribution is 7.89. The first-order chi connectivity index (χ1) is 9.18. The number of amides is 1. The highest BCUT2D eigenvalue weighted by atomic mass is 32.2. The van der Waals surface area contributed by atoms with Crippen LogP contribution in [0.5, 0.6) is 0 Å². The Kier molecular flexibility index (Phi) is 3.36. The highest BCUT2D eigenvalue weighted by Gasteiger charge is 2.21. The molecule has 0 unspecified atom stereocenters. The number of sulfonamides is 1. The molecule has 20 heavy (non-hydrogen) atoms. The number of primary sulfonamides is 1. The highest BCUT2D eigenvalue weighted by Crippen LogP contribution is 2.18. The van der Waals surface area contributed by atoms with Crippen LogP contribution >= 0.6 is 0 Å². The van der Waals surface area contributed by atoms with Gasteiger partial charge in [-0.3, -0.25) is 14.2 Å². The lowest BCUT2D eigenvalue weighted by Gasteiger charge is -2.01. The summed E-state index contributed by atoms with van der Waals surface area (Å²) in [6.07, 6.45) is 1.22. The van der Waals surface area contributed by atoms with Crippen LogP contribution in [0.1, 0.15) is 16.2 Å². The van der Waals surface area contributed by atoms with Crippen LogP contribution in [0.4, 0.5) is 5.82 Å². The normalized spacial score (nSPS) is 11.6. The number of nitrogens with zero attached hydrogens (tertiary/aromatic N) is 4. The van der Waals surface area contributed by atoms with Crippen LogP contribution in [0.3, 0.4) is 0 Å². The Morgan fingerprint density at radius 1 is 1.35 bits per heavy atom. The topological polar surface area (TPSA) is 125 Å². The van der Waals surface area contributed by atoms with Crippen LogP contribution in [0.2, 0.25) is 0 Å². The molecule has 0 saturated heterocycles. The van der Waals surface area contributed by atoms with E-state index in [1.807, 2.05) is 0 Å². The molecule has 0 radical (unpaired) electrons. The number of aryl methyl sites for hydroxylation is 3. The summed E-state index contributed by atoms with van der Waals surface area (Å²) in [7, 11) is -0.747. The summed E-state index contributed by atoms with van der Waals surface area (Å²) in [5.41, 5.74) is 0.957. The summed E-state index contributed by atoms with van der Waals surface area (Å²) >= 11 is 0. The summed E-state index contributed by atoms with van der Waals surface area (Å²) in [6.45, 7) is 1.79. The summed E-state index contributed by atoms with van der Waals surface area (Å²) in [5.74, 6) is -0.680. The molecule has 3 N–H and O–H groups in total. The number of nitrogens with one attached hydrogen (secondary N) is 1. The summed E-state index contributed by atoms with van der Waals surface area (Å²) < 4.78 is 25.6. The molecule has 9 nitrogen and oxygen atoms in total. The molecule has 0 aliphatic rings. The average Bonchev–Trinajstić information content (AvgIpc) is 2.83. The summed E-state index contributed by atoms with van der Waals surface area (Å²) in [4.78, 5) is 11.7. The fourth-order valence-electron chi connectivity index (χ4n) is 1.60. The van der Waals surface area contributed by atoms with E-state index in [-0.39, 0.29) is 16.4 Å². The number of aromatic nitrogens is 4. The van der Waals surface area contributed by atoms with Gasteiger partial charge < -0.3 is 5.32 Å². The number of nitrogens with two attached hydrogens (primary N) is 1. The van der Waals surface area contributed by atoms with Crippen LogP contribution in [-0.4, -0.2) is 33.9 Å². The van der Waals surface area contributed by atoms with Gasteiger partial charge in [0.1, 0.15) is 4.90 Å². The lowest BCUT2D eigenvalue weighted by atomic mass is 10.3. The maximum atomic E-state index is 12.0. The van der Waals surface area contributed by atoms with Gasteiger partial charge in [-0.15, -0.1) is 0 Å². The molecular weight excluding hydrogens is 284 g/mol. The van der Waals surface area contributed by atoms with Gasteiger partial charge in [0.05, 0.1) is 0 Å². The lowest BCUT2D eigenvalue weighted by molar-refractivity contribution is 0.102. The second-order valence-electron chi connectivity index (χ2n) is 4.31. The number of rotatable bonds is 3. The van der Waals surface area contributed by atoms with E-state index in [9.17, 15) is 13.2 Å². The Hall–Kier alpha value is -2.20. The van der Waals surface area contributed by atoms with E-state index in [4.69, 9.17) is 5.14 Å². The van der Waals surface area contributed by atoms with Gasteiger partial charge >= 0.3 is 0 Å². The molecule has 0 aliphatic heterocycles. The Morgan fingerprint density at radius 2 is 2.00 bits per heavy atom. The van der Waals surface area contributed by atoms with Crippen LogP contribution in [0.25, 0.3) is 0 Å². The Labute approximate surface area is 115 Å². The number of hydrogen-bond acceptors (Lipinski definition) is 5. The number of hydrogen-bond donors (Lipinski definition) is 2. The summed E-state index contributed by atoms with van der Waals surface area (Å²) in [6, 6.07) is 1.58. The Bertz CT molecular complexity index is 754. The monoisotopic (exact) mass is 298 g/mol. The second kappa shape index (κ2) is 4.72. The van der Waals surface area contributed by atoms with E-state index in [1.54, 1.807) is 20.0 Å². The molecule has 0 aromatic carbocycles. The van der Waals surface area contributed by atoms with Crippen LogP contribution in [0, 0.1) is 6.92 Å². The van der Waals surface area contributed by atoms with Gasteiger partial charge in [-0.25, -0.2) is 13.6 Å². The molecule has 0 bridgehead atoms. The first kappa shape index (κ1) is 14.2. The van der Waals surface area contributed by atoms with E-state index >= 15 is 0 Å². The largest absolute Gasteiger partial charge is 0.303 e. The second-order valence-corrected chi connectivity index (χ2v) is 5.84. The average molecular weight is 298 g/mol. The molecule has 0 aliphatic carbocycles. The molecule has 10 heteroatoms. The molecular formula is C10H14N6O3S. The fourth-order valence-corrected chi connectivity index (χ4v) is 2.27. The van der Waals surface area contributed by atoms with E-state index in [0.717, 1.165) is 5.69 Å². The van der Waals surface area contributed by atoms with Crippen molar-refractivity contribution in [2.75, 3.05) is 5.32 Å². The minimum Gasteiger partial charge on any atom is -0.303 e. The molecule has 0 atom stereocenters. The Morgan fingerprint density at radius 3 is 2.50 bits per heavy atom. The van der Waals surface area contributed by atoms with E-state index in [0.29, 0.717) is 0 Å². The van der Waals surface area contributed by atoms with E-state index in [1.165, 1.54) is 22.6 Å². The van der Waals surface area contributed by atoms with Crippen molar-refractivity contribution in [3.63, 3.8) is 0 Å². The molecule has 2 heterocycles. The van der Waals surface area contributed by atoms with Crippen molar-refractivity contribution in [1.82, 2.24) is 19.6 Å². The van der Waals surface area contributed by atoms with E-state index < -0.39 is 15.9 Å². The zero-order valence-electron chi connectivity index (χ0n) is 11.2. The molecule has 2 aromatic rings. The van der Waals surface area contributed by atoms with Crippen molar-refractivity contribution in [3.8, 4) is 0 Å². The van der Waals surface area contributed by atoms with Gasteiger partial charge in [0.15, 0.2) is 11.5 Å². The van der Waals surface area contributed by atoms with Gasteiger partial charge in [-0.2, -0.15) is 10.2 Å². The smallest absolute Gasteiger partial charge is 0.277 e. The van der Waals surface area contributed by atoms with Crippen molar-refractivity contribution < 1.29 is 13.2 Å². The van der Waals surface area contributed by atoms with Gasteiger partial charge in [-0.05, 0) is 13.0 Å². The molecule has 0 saturated carbocycles. The van der Waals surface area contributed by atoms with Crippen LogP contribution in [0.15, 0.2) is 17.2 Å². The minimum absolute atomic E-state index is 0.122. The van der Waals surface area contributed by atoms with Gasteiger partial charge in [-0.1, -0.05) is 0 Å². The molecule has 2 rings (SSSR count). The van der Waals surface area contributed by atoms with Gasteiger partial charge in [0.25, 0.3) is 5.91 Å². The van der Waals surface area contributed by atoms with Crippen molar-refractivity contribution in [2.45, 2.75) is 11.8 Å². The fraction of sp³-hybridized carbons (Fsp3) is 0.300. The SMILES string of the molecule is Cc1cc(C(=O)Nc2nn(C)cc2S(N)(=O)=O)nn1C. The third-order valence-electron chi connectivity index (χ3n) is 2.68. The maximum Gasteiger partial charge on any atom is 0.277 e. The van der Waals surface area contributed by atoms with E-state index in [2.05, 4.69) is 15.5 Å². The molecule has 0 spiro atoms. The lowest BCUT2D eigenvalue weighted by Crippen LogP contribution is -2.18. The molecule has 0 fully saturated rings. The summed E-state index contributed by atoms with van der Waals surface area (Å²) in [5, 5.41) is 15.3. The molecule has 108 valence electrons. The molecule has 2 aromatic heterocycles. The standard InChI is InChI=1S/C10H14N6O3S/c1-6-4-7(13-16(6)3)10(17)12-9-8(20(11,18)19)5-15(2)14-9/h4-5H,1-3H3,(H2,11,18,19)(H,12,14,17). The first-order valence-corrected chi connectivity index (χ1v) is 7.11. The first-order valence-electron chi connectivity index (χ1n) is 5.57. The Balaban J connectivity index is 2.33. The third-order valence-corrected chi connectivity index (χ3v) is 3.59. The minimum atomic E-state index is -3.97. The van der Waals surface area contributed by atoms with Gasteiger partial charge in [0, 0.05) is 26.0 Å². The number of carbonyl (C=O) groups excluding carboxylic acids is 1. The van der Waals surface area contributed by atoms with Crippen molar-refractivity contribution in [3.05, 3.63) is 23.7 Å². The van der Waals surface area contributed by atoms with Crippen LogP contribution in [-0.2, 0) is 24.1 Å². The predicted octanol–water partition coefficient (Wildman–Crippen LogP) is -0.638. The quantitative estimate of drug-likeness (QED) is 0.780. The van der Waals surface area contributed by atoms with Crippen molar-refractivity contribution in [1.29, 1.82) is 0 Å². The zero-order valence-corrected chi connectivity index (χ0v) is 12.0. The zero-order chi connectivity index (χ0) is 15.1. The van der Waals surface area contributed by atoms with Crippen molar-refractivity contribution >= 4 is 21.7 Å². The van der Waals surface area contributed by atoms with Gasteiger partial charge in [0.2, 0.25) is 10.0 Å². The maximum absolute atomic E-state index is 12.0. The number of anilines is 1. The number of carbonyl (C=O) groups is 1. The molecule has 1 amide bonds. The van der Waals surface area contributed by atoms with Crippen molar-refractivity contribution in [2.24, 2.45) is 19.2 Å².